The third-order valence-electron chi connectivity index (χ3n) is 2.01. The molecule has 0 fully saturated rings. The van der Waals surface area contributed by atoms with Crippen LogP contribution in [0, 0.1) is 0 Å². The Kier molecular flexibility index (Phi) is 3.04. The van der Waals surface area contributed by atoms with Gasteiger partial charge in [0.1, 0.15) is 5.82 Å². The molecule has 0 aliphatic heterocycles. The molecule has 0 atom stereocenters. The van der Waals surface area contributed by atoms with Gasteiger partial charge < -0.3 is 11.5 Å². The lowest BCUT2D eigenvalue weighted by Gasteiger charge is -2.16. The van der Waals surface area contributed by atoms with Gasteiger partial charge in [-0.1, -0.05) is 0 Å². The fraction of sp³-hybridized carbons (Fsp3) is 0.250. The van der Waals surface area contributed by atoms with E-state index in [0.29, 0.717) is 0 Å². The molecule has 0 aromatic carbocycles. The van der Waals surface area contributed by atoms with E-state index >= 15 is 0 Å². The topological polar surface area (TPSA) is 119 Å². The van der Waals surface area contributed by atoms with Crippen LogP contribution in [0.15, 0.2) is 12.3 Å². The van der Waals surface area contributed by atoms with Crippen LogP contribution in [0.4, 0.5) is 11.5 Å². The van der Waals surface area contributed by atoms with E-state index in [9.17, 15) is 13.2 Å². The largest absolute Gasteiger partial charge is 0.397 e. The lowest BCUT2D eigenvalue weighted by Crippen LogP contribution is -2.26. The highest BCUT2D eigenvalue weighted by molar-refractivity contribution is 7.92. The van der Waals surface area contributed by atoms with Gasteiger partial charge in [-0.3, -0.25) is 9.10 Å². The second kappa shape index (κ2) is 3.97. The highest BCUT2D eigenvalue weighted by atomic mass is 32.2. The Morgan fingerprint density at radius 3 is 2.50 bits per heavy atom. The van der Waals surface area contributed by atoms with Crippen molar-refractivity contribution in [2.45, 2.75) is 0 Å². The van der Waals surface area contributed by atoms with Gasteiger partial charge in [-0.15, -0.1) is 0 Å². The molecule has 16 heavy (non-hydrogen) atoms. The zero-order chi connectivity index (χ0) is 12.5. The summed E-state index contributed by atoms with van der Waals surface area (Å²) in [6.07, 6.45) is 2.21. The van der Waals surface area contributed by atoms with Crippen LogP contribution < -0.4 is 15.8 Å². The molecular formula is C8H12N4O3S. The van der Waals surface area contributed by atoms with Gasteiger partial charge >= 0.3 is 0 Å². The Bertz CT molecular complexity index is 526. The summed E-state index contributed by atoms with van der Waals surface area (Å²) in [6.45, 7) is 0. The summed E-state index contributed by atoms with van der Waals surface area (Å²) in [6, 6.07) is 1.23. The zero-order valence-corrected chi connectivity index (χ0v) is 9.65. The first-order valence-electron chi connectivity index (χ1n) is 4.22. The number of nitrogen functional groups attached to an aromatic ring is 1. The third-order valence-corrected chi connectivity index (χ3v) is 3.19. The number of hydrogen-bond acceptors (Lipinski definition) is 5. The van der Waals surface area contributed by atoms with Gasteiger partial charge in [-0.25, -0.2) is 13.4 Å². The molecule has 0 unspecified atom stereocenters. The first-order valence-corrected chi connectivity index (χ1v) is 6.07. The fourth-order valence-electron chi connectivity index (χ4n) is 1.01. The van der Waals surface area contributed by atoms with E-state index in [1.54, 1.807) is 0 Å². The van der Waals surface area contributed by atoms with Crippen LogP contribution in [0.3, 0.4) is 0 Å². The minimum Gasteiger partial charge on any atom is -0.397 e. The van der Waals surface area contributed by atoms with Crippen LogP contribution in [-0.4, -0.2) is 32.6 Å². The molecule has 1 rings (SSSR count). The van der Waals surface area contributed by atoms with E-state index in [1.165, 1.54) is 19.3 Å². The Morgan fingerprint density at radius 2 is 2.06 bits per heavy atom. The predicted molar refractivity (Wildman–Crippen MR) is 60.4 cm³/mol. The number of anilines is 2. The van der Waals surface area contributed by atoms with E-state index in [0.717, 1.165) is 10.6 Å². The van der Waals surface area contributed by atoms with E-state index in [1.807, 2.05) is 0 Å². The number of rotatable bonds is 3. The molecule has 8 heteroatoms. The van der Waals surface area contributed by atoms with Gasteiger partial charge in [0.25, 0.3) is 5.91 Å². The highest BCUT2D eigenvalue weighted by Gasteiger charge is 2.16. The summed E-state index contributed by atoms with van der Waals surface area (Å²) < 4.78 is 23.4. The van der Waals surface area contributed by atoms with Crippen molar-refractivity contribution >= 4 is 27.4 Å². The fourth-order valence-corrected chi connectivity index (χ4v) is 1.45. The number of hydrogen-bond donors (Lipinski definition) is 2. The summed E-state index contributed by atoms with van der Waals surface area (Å²) in [5.41, 5.74) is 10.7. The molecule has 1 heterocycles. The van der Waals surface area contributed by atoms with Crippen LogP contribution in [0.1, 0.15) is 10.4 Å². The van der Waals surface area contributed by atoms with Gasteiger partial charge in [0.05, 0.1) is 23.7 Å². The number of carbonyl (C=O) groups excluding carboxylic acids is 1. The molecule has 0 aliphatic carbocycles. The highest BCUT2D eigenvalue weighted by Crippen LogP contribution is 2.18. The number of primary amides is 1. The van der Waals surface area contributed by atoms with Crippen molar-refractivity contribution in [1.82, 2.24) is 4.98 Å². The van der Waals surface area contributed by atoms with Gasteiger partial charge in [0, 0.05) is 7.05 Å². The second-order valence-corrected chi connectivity index (χ2v) is 5.24. The predicted octanol–water partition coefficient (Wildman–Crippen LogP) is -0.841. The van der Waals surface area contributed by atoms with Crippen LogP contribution >= 0.6 is 0 Å². The average Bonchev–Trinajstić information content (AvgIpc) is 2.15. The minimum absolute atomic E-state index is 0.0421. The van der Waals surface area contributed by atoms with Crippen LogP contribution in [0.25, 0.3) is 0 Å². The Balaban J connectivity index is 3.29. The first-order chi connectivity index (χ1) is 7.23. The maximum absolute atomic E-state index is 11.2. The Hall–Kier alpha value is -1.83. The van der Waals surface area contributed by atoms with Crippen molar-refractivity contribution in [3.8, 4) is 0 Å². The summed E-state index contributed by atoms with van der Waals surface area (Å²) in [5.74, 6) is -0.645. The standard InChI is InChI=1S/C8H12N4O3S/c1-12(16(2,14)15)7-3-5(8(10)13)6(9)4-11-7/h3-4H,9H2,1-2H3,(H2,10,13). The molecule has 4 N–H and O–H groups in total. The number of sulfonamides is 1. The molecule has 88 valence electrons. The molecule has 1 aromatic heterocycles. The van der Waals surface area contributed by atoms with E-state index in [4.69, 9.17) is 11.5 Å². The maximum Gasteiger partial charge on any atom is 0.250 e. The van der Waals surface area contributed by atoms with Crippen molar-refractivity contribution in [3.05, 3.63) is 17.8 Å². The summed E-state index contributed by atoms with van der Waals surface area (Å²) in [7, 11) is -2.12. The third kappa shape index (κ3) is 2.40. The Morgan fingerprint density at radius 1 is 1.50 bits per heavy atom. The van der Waals surface area contributed by atoms with Gasteiger partial charge in [-0.2, -0.15) is 0 Å². The molecule has 0 saturated heterocycles. The van der Waals surface area contributed by atoms with Gasteiger partial charge in [0.15, 0.2) is 0 Å². The maximum atomic E-state index is 11.2. The van der Waals surface area contributed by atoms with Crippen molar-refractivity contribution in [3.63, 3.8) is 0 Å². The molecular weight excluding hydrogens is 232 g/mol. The molecule has 7 nitrogen and oxygen atoms in total. The molecule has 1 aromatic rings. The van der Waals surface area contributed by atoms with Crippen molar-refractivity contribution in [2.24, 2.45) is 5.73 Å². The van der Waals surface area contributed by atoms with E-state index in [-0.39, 0.29) is 17.1 Å². The Labute approximate surface area is 93.1 Å². The summed E-state index contributed by atoms with van der Waals surface area (Å²) in [5, 5.41) is 0. The van der Waals surface area contributed by atoms with Crippen LogP contribution in [0.5, 0.6) is 0 Å². The first kappa shape index (κ1) is 12.2. The summed E-state index contributed by atoms with van der Waals surface area (Å²) >= 11 is 0. The van der Waals surface area contributed by atoms with Crippen LogP contribution in [0.2, 0.25) is 0 Å². The molecule has 1 amide bonds. The van der Waals surface area contributed by atoms with E-state index < -0.39 is 15.9 Å². The van der Waals surface area contributed by atoms with Crippen molar-refractivity contribution in [1.29, 1.82) is 0 Å². The second-order valence-electron chi connectivity index (χ2n) is 3.22. The molecule has 0 radical (unpaired) electrons. The minimum atomic E-state index is -3.43. The zero-order valence-electron chi connectivity index (χ0n) is 8.84. The van der Waals surface area contributed by atoms with Crippen LogP contribution in [-0.2, 0) is 10.0 Å². The van der Waals surface area contributed by atoms with E-state index in [2.05, 4.69) is 4.98 Å². The smallest absolute Gasteiger partial charge is 0.250 e. The summed E-state index contributed by atoms with van der Waals surface area (Å²) in [4.78, 5) is 14.8. The molecule has 0 aliphatic rings. The quantitative estimate of drug-likeness (QED) is 0.718. The number of amides is 1. The number of nitrogens with zero attached hydrogens (tertiary/aromatic N) is 2. The van der Waals surface area contributed by atoms with Gasteiger partial charge in [-0.05, 0) is 6.07 Å². The lowest BCUT2D eigenvalue weighted by molar-refractivity contribution is 0.100. The van der Waals surface area contributed by atoms with Crippen molar-refractivity contribution in [2.75, 3.05) is 23.3 Å². The SMILES string of the molecule is CN(c1cc(C(N)=O)c(N)cn1)S(C)(=O)=O. The average molecular weight is 244 g/mol. The molecule has 0 spiro atoms. The molecule has 0 saturated carbocycles. The number of nitrogens with two attached hydrogens (primary N) is 2. The number of carbonyl (C=O) groups is 1. The monoisotopic (exact) mass is 244 g/mol. The number of aromatic nitrogens is 1. The number of pyridine rings is 1. The lowest BCUT2D eigenvalue weighted by atomic mass is 10.2. The van der Waals surface area contributed by atoms with Gasteiger partial charge in [0.2, 0.25) is 10.0 Å². The normalized spacial score (nSPS) is 11.1. The van der Waals surface area contributed by atoms with Crippen molar-refractivity contribution < 1.29 is 13.2 Å². The molecule has 0 bridgehead atoms.